The molecule has 0 bridgehead atoms. The normalized spacial score (nSPS) is 10.6. The van der Waals surface area contributed by atoms with E-state index >= 15 is 0 Å². The first-order chi connectivity index (χ1) is 7.00. The number of ether oxygens (including phenoxy) is 1. The van der Waals surface area contributed by atoms with Crippen LogP contribution in [0.4, 0.5) is 0 Å². The van der Waals surface area contributed by atoms with Crippen molar-refractivity contribution >= 4 is 5.97 Å². The summed E-state index contributed by atoms with van der Waals surface area (Å²) in [4.78, 5) is 10.6. The molecule has 0 atom stereocenters. The van der Waals surface area contributed by atoms with Crippen LogP contribution in [0.15, 0.2) is 18.2 Å². The first-order valence-corrected chi connectivity index (χ1v) is 4.67. The van der Waals surface area contributed by atoms with E-state index in [9.17, 15) is 9.90 Å². The van der Waals surface area contributed by atoms with Crippen molar-refractivity contribution in [1.82, 2.24) is 0 Å². The van der Waals surface area contributed by atoms with Crippen LogP contribution in [0.5, 0.6) is 5.75 Å². The van der Waals surface area contributed by atoms with Gasteiger partial charge in [0.2, 0.25) is 0 Å². The average Bonchev–Trinajstić information content (AvgIpc) is 2.15. The molecule has 0 spiro atoms. The van der Waals surface area contributed by atoms with Crippen LogP contribution >= 0.6 is 0 Å². The van der Waals surface area contributed by atoms with Gasteiger partial charge in [-0.1, -0.05) is 6.07 Å². The van der Waals surface area contributed by atoms with Crippen molar-refractivity contribution in [3.63, 3.8) is 0 Å². The van der Waals surface area contributed by atoms with Gasteiger partial charge in [-0.25, -0.2) is 4.79 Å². The van der Waals surface area contributed by atoms with Crippen LogP contribution < -0.4 is 0 Å². The van der Waals surface area contributed by atoms with Crippen molar-refractivity contribution in [3.8, 4) is 5.75 Å². The fourth-order valence-corrected chi connectivity index (χ4v) is 1.08. The smallest absolute Gasteiger partial charge is 0.335 e. The number of carbonyl (C=O) groups is 1. The van der Waals surface area contributed by atoms with E-state index in [-0.39, 0.29) is 24.0 Å². The van der Waals surface area contributed by atoms with E-state index < -0.39 is 5.97 Å². The van der Waals surface area contributed by atoms with Crippen molar-refractivity contribution in [2.75, 3.05) is 0 Å². The Kier molecular flexibility index (Phi) is 3.68. The Balaban J connectivity index is 2.79. The lowest BCUT2D eigenvalue weighted by molar-refractivity contribution is 0.0641. The van der Waals surface area contributed by atoms with Gasteiger partial charge in [-0.3, -0.25) is 0 Å². The second-order valence-corrected chi connectivity index (χ2v) is 3.51. The predicted octanol–water partition coefficient (Wildman–Crippen LogP) is 2.02. The number of aromatic hydroxyl groups is 1. The Bertz CT molecular complexity index is 358. The number of benzene rings is 1. The number of phenolic OH excluding ortho intramolecular Hbond substituents is 1. The monoisotopic (exact) mass is 210 g/mol. The van der Waals surface area contributed by atoms with Gasteiger partial charge in [-0.05, 0) is 26.0 Å². The quantitative estimate of drug-likeness (QED) is 0.797. The molecule has 4 heteroatoms. The van der Waals surface area contributed by atoms with Crippen LogP contribution in [-0.4, -0.2) is 22.3 Å². The molecule has 0 saturated heterocycles. The fraction of sp³-hybridized carbons (Fsp3) is 0.364. The first kappa shape index (κ1) is 11.5. The summed E-state index contributed by atoms with van der Waals surface area (Å²) in [6.45, 7) is 4.06. The second-order valence-electron chi connectivity index (χ2n) is 3.51. The minimum atomic E-state index is -1.05. The Hall–Kier alpha value is -1.55. The molecule has 82 valence electrons. The fourth-order valence-electron chi connectivity index (χ4n) is 1.08. The van der Waals surface area contributed by atoms with Crippen molar-refractivity contribution in [2.45, 2.75) is 26.6 Å². The van der Waals surface area contributed by atoms with Crippen molar-refractivity contribution in [2.24, 2.45) is 0 Å². The van der Waals surface area contributed by atoms with E-state index in [0.717, 1.165) is 0 Å². The lowest BCUT2D eigenvalue weighted by Gasteiger charge is -2.09. The third-order valence-electron chi connectivity index (χ3n) is 1.90. The number of hydrogen-bond acceptors (Lipinski definition) is 3. The van der Waals surface area contributed by atoms with Gasteiger partial charge in [0.15, 0.2) is 0 Å². The minimum absolute atomic E-state index is 0.0458. The van der Waals surface area contributed by atoms with Gasteiger partial charge in [0.25, 0.3) is 0 Å². The summed E-state index contributed by atoms with van der Waals surface area (Å²) in [5, 5.41) is 18.2. The van der Waals surface area contributed by atoms with E-state index in [0.29, 0.717) is 5.56 Å². The molecule has 0 aliphatic heterocycles. The van der Waals surface area contributed by atoms with Crippen LogP contribution in [0.1, 0.15) is 29.8 Å². The highest BCUT2D eigenvalue weighted by Crippen LogP contribution is 2.20. The maximum absolute atomic E-state index is 10.6. The number of carboxylic acids is 1. The number of aromatic carboxylic acids is 1. The molecule has 0 amide bonds. The van der Waals surface area contributed by atoms with Crippen LogP contribution in [0.2, 0.25) is 0 Å². The maximum Gasteiger partial charge on any atom is 0.335 e. The van der Waals surface area contributed by atoms with Crippen molar-refractivity contribution in [3.05, 3.63) is 29.3 Å². The average molecular weight is 210 g/mol. The van der Waals surface area contributed by atoms with Gasteiger partial charge in [0.1, 0.15) is 5.75 Å². The van der Waals surface area contributed by atoms with E-state index in [1.807, 2.05) is 13.8 Å². The highest BCUT2D eigenvalue weighted by molar-refractivity contribution is 5.88. The van der Waals surface area contributed by atoms with Gasteiger partial charge < -0.3 is 14.9 Å². The summed E-state index contributed by atoms with van der Waals surface area (Å²) in [6, 6.07) is 4.23. The lowest BCUT2D eigenvalue weighted by atomic mass is 10.1. The summed E-state index contributed by atoms with van der Waals surface area (Å²) in [6.07, 6.45) is 0.0727. The second kappa shape index (κ2) is 4.79. The number of phenols is 1. The summed E-state index contributed by atoms with van der Waals surface area (Å²) in [7, 11) is 0. The van der Waals surface area contributed by atoms with Gasteiger partial charge in [0.05, 0.1) is 18.3 Å². The predicted molar refractivity (Wildman–Crippen MR) is 55.0 cm³/mol. The molecule has 0 saturated carbocycles. The molecule has 4 nitrogen and oxygen atoms in total. The maximum atomic E-state index is 10.6. The third-order valence-corrected chi connectivity index (χ3v) is 1.90. The standard InChI is InChI=1S/C11H14O4/c1-7(2)15-6-9-4-3-8(11(13)14)5-10(9)12/h3-5,7,12H,6H2,1-2H3,(H,13,14). The van der Waals surface area contributed by atoms with Crippen LogP contribution in [0.3, 0.4) is 0 Å². The van der Waals surface area contributed by atoms with E-state index in [4.69, 9.17) is 9.84 Å². The molecular formula is C11H14O4. The molecule has 0 heterocycles. The summed E-state index contributed by atoms with van der Waals surface area (Å²) in [5.41, 5.74) is 0.662. The summed E-state index contributed by atoms with van der Waals surface area (Å²) < 4.78 is 5.30. The molecule has 0 aliphatic rings. The van der Waals surface area contributed by atoms with Crippen LogP contribution in [0.25, 0.3) is 0 Å². The van der Waals surface area contributed by atoms with Crippen LogP contribution in [-0.2, 0) is 11.3 Å². The van der Waals surface area contributed by atoms with Crippen molar-refractivity contribution < 1.29 is 19.7 Å². The summed E-state index contributed by atoms with van der Waals surface area (Å²) >= 11 is 0. The lowest BCUT2D eigenvalue weighted by Crippen LogP contribution is -2.03. The molecule has 0 unspecified atom stereocenters. The van der Waals surface area contributed by atoms with Gasteiger partial charge in [-0.2, -0.15) is 0 Å². The Morgan fingerprint density at radius 1 is 1.47 bits per heavy atom. The van der Waals surface area contributed by atoms with Gasteiger partial charge in [0, 0.05) is 5.56 Å². The van der Waals surface area contributed by atoms with Gasteiger partial charge in [-0.15, -0.1) is 0 Å². The highest BCUT2D eigenvalue weighted by Gasteiger charge is 2.07. The SMILES string of the molecule is CC(C)OCc1ccc(C(=O)O)cc1O. The van der Waals surface area contributed by atoms with Crippen LogP contribution in [0, 0.1) is 0 Å². The number of carboxylic acid groups (broad SMARTS) is 1. The number of hydrogen-bond donors (Lipinski definition) is 2. The molecule has 1 aromatic rings. The molecule has 2 N–H and O–H groups in total. The zero-order valence-electron chi connectivity index (χ0n) is 8.73. The van der Waals surface area contributed by atoms with E-state index in [1.165, 1.54) is 12.1 Å². The topological polar surface area (TPSA) is 66.8 Å². The summed E-state index contributed by atoms with van der Waals surface area (Å²) in [5.74, 6) is -1.10. The first-order valence-electron chi connectivity index (χ1n) is 4.67. The molecule has 0 aromatic heterocycles. The molecule has 0 radical (unpaired) electrons. The zero-order chi connectivity index (χ0) is 11.4. The molecule has 15 heavy (non-hydrogen) atoms. The largest absolute Gasteiger partial charge is 0.508 e. The van der Waals surface area contributed by atoms with E-state index in [2.05, 4.69) is 0 Å². The number of rotatable bonds is 4. The molecule has 0 aliphatic carbocycles. The Morgan fingerprint density at radius 3 is 2.60 bits per heavy atom. The molecule has 1 rings (SSSR count). The van der Waals surface area contributed by atoms with E-state index in [1.54, 1.807) is 6.07 Å². The van der Waals surface area contributed by atoms with Gasteiger partial charge >= 0.3 is 5.97 Å². The Morgan fingerprint density at radius 2 is 2.13 bits per heavy atom. The third kappa shape index (κ3) is 3.25. The van der Waals surface area contributed by atoms with Crippen molar-refractivity contribution in [1.29, 1.82) is 0 Å². The highest BCUT2D eigenvalue weighted by atomic mass is 16.5. The Labute approximate surface area is 88.1 Å². The minimum Gasteiger partial charge on any atom is -0.508 e. The molecule has 0 fully saturated rings. The zero-order valence-corrected chi connectivity index (χ0v) is 8.73. The molecule has 1 aromatic carbocycles. The molecular weight excluding hydrogens is 196 g/mol.